The van der Waals surface area contributed by atoms with E-state index in [1.807, 2.05) is 12.1 Å². The van der Waals surface area contributed by atoms with E-state index in [4.69, 9.17) is 9.47 Å². The van der Waals surface area contributed by atoms with Gasteiger partial charge in [-0.3, -0.25) is 4.79 Å². The number of carbonyl (C=O) groups is 1. The summed E-state index contributed by atoms with van der Waals surface area (Å²) < 4.78 is 10.4. The summed E-state index contributed by atoms with van der Waals surface area (Å²) in [7, 11) is 0. The lowest BCUT2D eigenvalue weighted by atomic mass is 9.98. The third kappa shape index (κ3) is 4.40. The van der Waals surface area contributed by atoms with E-state index in [0.717, 1.165) is 5.75 Å². The van der Waals surface area contributed by atoms with E-state index in [2.05, 4.69) is 26.8 Å². The molecular formula is C15H22O3. The maximum absolute atomic E-state index is 11.1. The number of benzene rings is 1. The first kappa shape index (κ1) is 14.6. The van der Waals surface area contributed by atoms with Gasteiger partial charge in [0.2, 0.25) is 0 Å². The lowest BCUT2D eigenvalue weighted by molar-refractivity contribution is -0.143. The second kappa shape index (κ2) is 7.04. The Morgan fingerprint density at radius 1 is 1.33 bits per heavy atom. The minimum atomic E-state index is -0.215. The maximum Gasteiger partial charge on any atom is 0.309 e. The highest BCUT2D eigenvalue weighted by Crippen LogP contribution is 2.23. The second-order valence-electron chi connectivity index (χ2n) is 4.58. The van der Waals surface area contributed by atoms with Crippen LogP contribution < -0.4 is 4.74 Å². The van der Waals surface area contributed by atoms with Crippen molar-refractivity contribution in [3.8, 4) is 5.75 Å². The van der Waals surface area contributed by atoms with Crippen molar-refractivity contribution in [2.45, 2.75) is 40.0 Å². The van der Waals surface area contributed by atoms with Crippen LogP contribution in [0.15, 0.2) is 18.2 Å². The molecule has 0 amide bonds. The summed E-state index contributed by atoms with van der Waals surface area (Å²) in [5, 5.41) is 0. The van der Waals surface area contributed by atoms with Gasteiger partial charge in [-0.15, -0.1) is 0 Å². The van der Waals surface area contributed by atoms with Crippen molar-refractivity contribution in [3.63, 3.8) is 0 Å². The third-order valence-corrected chi connectivity index (χ3v) is 2.74. The summed E-state index contributed by atoms with van der Waals surface area (Å²) in [6.07, 6.45) is 0.290. The van der Waals surface area contributed by atoms with Crippen molar-refractivity contribution >= 4 is 5.97 Å². The SMILES string of the molecule is CCOC(=O)CCOc1ccc(C(C)C)c(C)c1. The Morgan fingerprint density at radius 2 is 2.06 bits per heavy atom. The molecule has 1 aromatic carbocycles. The van der Waals surface area contributed by atoms with Gasteiger partial charge in [0.1, 0.15) is 5.75 Å². The van der Waals surface area contributed by atoms with Crippen LogP contribution in [0.2, 0.25) is 0 Å². The minimum Gasteiger partial charge on any atom is -0.493 e. The number of carbonyl (C=O) groups excluding carboxylic acids is 1. The Kier molecular flexibility index (Phi) is 5.69. The molecule has 0 aliphatic heterocycles. The average molecular weight is 250 g/mol. The normalized spacial score (nSPS) is 10.5. The fourth-order valence-corrected chi connectivity index (χ4v) is 1.87. The molecule has 0 aromatic heterocycles. The Hall–Kier alpha value is -1.51. The Balaban J connectivity index is 2.49. The van der Waals surface area contributed by atoms with Crippen LogP contribution in [0.3, 0.4) is 0 Å². The van der Waals surface area contributed by atoms with Crippen molar-refractivity contribution < 1.29 is 14.3 Å². The van der Waals surface area contributed by atoms with Crippen molar-refractivity contribution in [2.24, 2.45) is 0 Å². The van der Waals surface area contributed by atoms with Crippen LogP contribution in [-0.4, -0.2) is 19.2 Å². The Morgan fingerprint density at radius 3 is 2.61 bits per heavy atom. The summed E-state index contributed by atoms with van der Waals surface area (Å²) in [5.41, 5.74) is 2.55. The van der Waals surface area contributed by atoms with Crippen molar-refractivity contribution in [2.75, 3.05) is 13.2 Å². The van der Waals surface area contributed by atoms with E-state index in [-0.39, 0.29) is 5.97 Å². The predicted octanol–water partition coefficient (Wildman–Crippen LogP) is 3.45. The summed E-state index contributed by atoms with van der Waals surface area (Å²) in [5.74, 6) is 1.10. The zero-order valence-corrected chi connectivity index (χ0v) is 11.7. The summed E-state index contributed by atoms with van der Waals surface area (Å²) in [6.45, 7) is 8.99. The number of hydrogen-bond donors (Lipinski definition) is 0. The topological polar surface area (TPSA) is 35.5 Å². The molecule has 100 valence electrons. The van der Waals surface area contributed by atoms with Gasteiger partial charge in [0.25, 0.3) is 0 Å². The monoisotopic (exact) mass is 250 g/mol. The molecule has 0 saturated carbocycles. The first-order chi connectivity index (χ1) is 8.54. The molecule has 0 atom stereocenters. The fourth-order valence-electron chi connectivity index (χ4n) is 1.87. The van der Waals surface area contributed by atoms with Crippen LogP contribution in [-0.2, 0) is 9.53 Å². The molecule has 18 heavy (non-hydrogen) atoms. The molecule has 0 aliphatic carbocycles. The molecule has 0 heterocycles. The highest BCUT2D eigenvalue weighted by atomic mass is 16.5. The van der Waals surface area contributed by atoms with Gasteiger partial charge in [-0.25, -0.2) is 0 Å². The number of esters is 1. The van der Waals surface area contributed by atoms with Gasteiger partial charge in [-0.05, 0) is 43.0 Å². The highest BCUT2D eigenvalue weighted by molar-refractivity contribution is 5.69. The summed E-state index contributed by atoms with van der Waals surface area (Å²) in [4.78, 5) is 11.1. The molecule has 1 rings (SSSR count). The molecule has 0 fully saturated rings. The van der Waals surface area contributed by atoms with Gasteiger partial charge in [0, 0.05) is 0 Å². The van der Waals surface area contributed by atoms with Crippen LogP contribution >= 0.6 is 0 Å². The standard InChI is InChI=1S/C15H22O3/c1-5-17-15(16)8-9-18-13-6-7-14(11(2)3)12(4)10-13/h6-7,10-11H,5,8-9H2,1-4H3. The quantitative estimate of drug-likeness (QED) is 0.725. The number of aryl methyl sites for hydroxylation is 1. The lowest BCUT2D eigenvalue weighted by Gasteiger charge is -2.12. The highest BCUT2D eigenvalue weighted by Gasteiger charge is 2.06. The van der Waals surface area contributed by atoms with Gasteiger partial charge < -0.3 is 9.47 Å². The van der Waals surface area contributed by atoms with E-state index < -0.39 is 0 Å². The largest absolute Gasteiger partial charge is 0.493 e. The molecule has 0 radical (unpaired) electrons. The number of ether oxygens (including phenoxy) is 2. The second-order valence-corrected chi connectivity index (χ2v) is 4.58. The fraction of sp³-hybridized carbons (Fsp3) is 0.533. The van der Waals surface area contributed by atoms with Gasteiger partial charge in [-0.2, -0.15) is 0 Å². The molecule has 0 bridgehead atoms. The van der Waals surface area contributed by atoms with Crippen LogP contribution in [0.25, 0.3) is 0 Å². The maximum atomic E-state index is 11.1. The van der Waals surface area contributed by atoms with E-state index in [9.17, 15) is 4.79 Å². The van der Waals surface area contributed by atoms with Gasteiger partial charge in [0.15, 0.2) is 0 Å². The van der Waals surface area contributed by atoms with Crippen LogP contribution in [0.4, 0.5) is 0 Å². The number of rotatable bonds is 6. The van der Waals surface area contributed by atoms with Crippen LogP contribution in [0.1, 0.15) is 44.2 Å². The van der Waals surface area contributed by atoms with Gasteiger partial charge >= 0.3 is 5.97 Å². The van der Waals surface area contributed by atoms with Crippen LogP contribution in [0.5, 0.6) is 5.75 Å². The van der Waals surface area contributed by atoms with Gasteiger partial charge in [0.05, 0.1) is 19.6 Å². The molecule has 0 spiro atoms. The summed E-state index contributed by atoms with van der Waals surface area (Å²) in [6, 6.07) is 6.05. The van der Waals surface area contributed by atoms with Crippen molar-refractivity contribution in [3.05, 3.63) is 29.3 Å². The average Bonchev–Trinajstić information content (AvgIpc) is 2.29. The molecule has 0 unspecified atom stereocenters. The van der Waals surface area contributed by atoms with Crippen molar-refractivity contribution in [1.82, 2.24) is 0 Å². The van der Waals surface area contributed by atoms with E-state index >= 15 is 0 Å². The molecule has 0 N–H and O–H groups in total. The molecular weight excluding hydrogens is 228 g/mol. The summed E-state index contributed by atoms with van der Waals surface area (Å²) >= 11 is 0. The molecule has 0 aliphatic rings. The van der Waals surface area contributed by atoms with Crippen LogP contribution in [0, 0.1) is 6.92 Å². The molecule has 0 saturated heterocycles. The van der Waals surface area contributed by atoms with E-state index in [1.54, 1.807) is 6.92 Å². The van der Waals surface area contributed by atoms with E-state index in [1.165, 1.54) is 11.1 Å². The zero-order chi connectivity index (χ0) is 13.5. The molecule has 3 heteroatoms. The Bertz CT molecular complexity index is 397. The third-order valence-electron chi connectivity index (χ3n) is 2.74. The Labute approximate surface area is 109 Å². The van der Waals surface area contributed by atoms with E-state index in [0.29, 0.717) is 25.6 Å². The minimum absolute atomic E-state index is 0.215. The predicted molar refractivity (Wildman–Crippen MR) is 72.0 cm³/mol. The lowest BCUT2D eigenvalue weighted by Crippen LogP contribution is -2.09. The van der Waals surface area contributed by atoms with Crippen molar-refractivity contribution in [1.29, 1.82) is 0 Å². The molecule has 1 aromatic rings. The smallest absolute Gasteiger partial charge is 0.309 e. The first-order valence-corrected chi connectivity index (χ1v) is 6.43. The first-order valence-electron chi connectivity index (χ1n) is 6.43. The molecule has 3 nitrogen and oxygen atoms in total. The zero-order valence-electron chi connectivity index (χ0n) is 11.7. The number of hydrogen-bond acceptors (Lipinski definition) is 3. The van der Waals surface area contributed by atoms with Gasteiger partial charge in [-0.1, -0.05) is 19.9 Å².